The largest absolute Gasteiger partial charge is 0.449 e. The molecule has 0 unspecified atom stereocenters. The Labute approximate surface area is 109 Å². The van der Waals surface area contributed by atoms with E-state index in [9.17, 15) is 14.9 Å². The lowest BCUT2D eigenvalue weighted by atomic mass is 10.2. The lowest BCUT2D eigenvalue weighted by molar-refractivity contribution is -0.384. The molecule has 0 fully saturated rings. The molecule has 0 N–H and O–H groups in total. The summed E-state index contributed by atoms with van der Waals surface area (Å²) in [7, 11) is 0. The monoisotopic (exact) mass is 262 g/mol. The number of nitrogens with zero attached hydrogens (tertiary/aromatic N) is 2. The maximum Gasteiger partial charge on any atom is 0.418 e. The molecule has 0 saturated heterocycles. The third-order valence-electron chi connectivity index (χ3n) is 2.81. The number of non-ortho nitro benzene ring substituents is 1. The first kappa shape index (κ1) is 13.1. The van der Waals surface area contributed by atoms with Gasteiger partial charge in [0.2, 0.25) is 0 Å². The lowest BCUT2D eigenvalue weighted by Crippen LogP contribution is -2.13. The van der Waals surface area contributed by atoms with Gasteiger partial charge in [-0.05, 0) is 18.6 Å². The number of unbranched alkanes of at least 4 members (excludes halogenated alkanes) is 1. The summed E-state index contributed by atoms with van der Waals surface area (Å²) in [6.07, 6.45) is 2.78. The van der Waals surface area contributed by atoms with Crippen molar-refractivity contribution in [3.8, 4) is 0 Å². The number of rotatable bonds is 4. The van der Waals surface area contributed by atoms with Crippen LogP contribution in [0.15, 0.2) is 30.5 Å². The van der Waals surface area contributed by atoms with Crippen LogP contribution >= 0.6 is 0 Å². The van der Waals surface area contributed by atoms with E-state index in [4.69, 9.17) is 4.74 Å². The van der Waals surface area contributed by atoms with Crippen molar-refractivity contribution in [3.05, 3.63) is 40.6 Å². The van der Waals surface area contributed by atoms with Crippen molar-refractivity contribution in [3.63, 3.8) is 0 Å². The van der Waals surface area contributed by atoms with Gasteiger partial charge in [-0.3, -0.25) is 14.7 Å². The fourth-order valence-corrected chi connectivity index (χ4v) is 1.76. The van der Waals surface area contributed by atoms with Crippen LogP contribution in [0.5, 0.6) is 0 Å². The van der Waals surface area contributed by atoms with E-state index in [1.807, 2.05) is 6.92 Å². The second kappa shape index (κ2) is 5.51. The molecule has 0 aliphatic rings. The molecule has 6 nitrogen and oxygen atoms in total. The smallest absolute Gasteiger partial charge is 0.418 e. The van der Waals surface area contributed by atoms with E-state index in [0.717, 1.165) is 18.2 Å². The minimum absolute atomic E-state index is 0.0474. The first-order valence-corrected chi connectivity index (χ1v) is 6.06. The van der Waals surface area contributed by atoms with Crippen molar-refractivity contribution in [1.82, 2.24) is 4.57 Å². The number of nitro benzene ring substituents is 1. The van der Waals surface area contributed by atoms with Crippen LogP contribution in [-0.2, 0) is 4.74 Å². The van der Waals surface area contributed by atoms with Gasteiger partial charge in [0, 0.05) is 23.7 Å². The zero-order valence-corrected chi connectivity index (χ0v) is 10.5. The van der Waals surface area contributed by atoms with Gasteiger partial charge in [0.25, 0.3) is 5.69 Å². The quantitative estimate of drug-likeness (QED) is 0.481. The molecular formula is C13H14N2O4. The lowest BCUT2D eigenvalue weighted by Gasteiger charge is -2.05. The minimum Gasteiger partial charge on any atom is -0.449 e. The molecule has 1 heterocycles. The number of carbonyl (C=O) groups excluding carboxylic acids is 1. The van der Waals surface area contributed by atoms with Crippen LogP contribution in [-0.4, -0.2) is 22.2 Å². The Bertz CT molecular complexity index is 618. The Morgan fingerprint density at radius 3 is 2.89 bits per heavy atom. The van der Waals surface area contributed by atoms with Crippen LogP contribution < -0.4 is 0 Å². The Kier molecular flexibility index (Phi) is 3.79. The van der Waals surface area contributed by atoms with E-state index in [-0.39, 0.29) is 5.69 Å². The van der Waals surface area contributed by atoms with Crippen LogP contribution in [0.4, 0.5) is 10.5 Å². The Morgan fingerprint density at radius 2 is 2.21 bits per heavy atom. The molecule has 0 aliphatic carbocycles. The average Bonchev–Trinajstić information content (AvgIpc) is 2.81. The fourth-order valence-electron chi connectivity index (χ4n) is 1.76. The van der Waals surface area contributed by atoms with E-state index in [1.165, 1.54) is 16.7 Å². The summed E-state index contributed by atoms with van der Waals surface area (Å²) in [6, 6.07) is 6.12. The molecule has 2 aromatic rings. The number of aromatic nitrogens is 1. The fraction of sp³-hybridized carbons (Fsp3) is 0.308. The molecule has 100 valence electrons. The maximum atomic E-state index is 11.8. The number of nitro groups is 1. The van der Waals surface area contributed by atoms with Gasteiger partial charge in [-0.1, -0.05) is 13.3 Å². The number of benzene rings is 1. The summed E-state index contributed by atoms with van der Waals surface area (Å²) < 4.78 is 6.38. The molecule has 0 saturated carbocycles. The number of hydrogen-bond donors (Lipinski definition) is 0. The molecule has 0 amide bonds. The van der Waals surface area contributed by atoms with Crippen molar-refractivity contribution in [1.29, 1.82) is 0 Å². The SMILES string of the molecule is CCCCOC(=O)n1ccc2ccc([N+](=O)[O-])cc21. The molecule has 0 aliphatic heterocycles. The highest BCUT2D eigenvalue weighted by atomic mass is 16.6. The van der Waals surface area contributed by atoms with Gasteiger partial charge < -0.3 is 4.74 Å². The predicted molar refractivity (Wildman–Crippen MR) is 70.2 cm³/mol. The average molecular weight is 262 g/mol. The van der Waals surface area contributed by atoms with Gasteiger partial charge in [-0.15, -0.1) is 0 Å². The molecule has 0 atom stereocenters. The van der Waals surface area contributed by atoms with Crippen LogP contribution in [0.1, 0.15) is 19.8 Å². The molecule has 19 heavy (non-hydrogen) atoms. The van der Waals surface area contributed by atoms with Crippen molar-refractivity contribution in [2.24, 2.45) is 0 Å². The molecule has 2 rings (SSSR count). The van der Waals surface area contributed by atoms with Crippen molar-refractivity contribution < 1.29 is 14.5 Å². The van der Waals surface area contributed by atoms with Crippen molar-refractivity contribution in [2.75, 3.05) is 6.61 Å². The van der Waals surface area contributed by atoms with Crippen LogP contribution in [0.3, 0.4) is 0 Å². The van der Waals surface area contributed by atoms with Crippen LogP contribution in [0, 0.1) is 10.1 Å². The highest BCUT2D eigenvalue weighted by Gasteiger charge is 2.13. The van der Waals surface area contributed by atoms with E-state index >= 15 is 0 Å². The molecule has 1 aromatic carbocycles. The first-order chi connectivity index (χ1) is 9.13. The van der Waals surface area contributed by atoms with Gasteiger partial charge in [0.15, 0.2) is 0 Å². The van der Waals surface area contributed by atoms with Gasteiger partial charge in [0.1, 0.15) is 0 Å². The Morgan fingerprint density at radius 1 is 1.42 bits per heavy atom. The second-order valence-corrected chi connectivity index (χ2v) is 4.15. The zero-order valence-electron chi connectivity index (χ0n) is 10.5. The van der Waals surface area contributed by atoms with E-state index in [0.29, 0.717) is 12.1 Å². The number of fused-ring (bicyclic) bond motifs is 1. The van der Waals surface area contributed by atoms with Gasteiger partial charge >= 0.3 is 6.09 Å². The highest BCUT2D eigenvalue weighted by molar-refractivity contribution is 5.90. The van der Waals surface area contributed by atoms with Crippen molar-refractivity contribution in [2.45, 2.75) is 19.8 Å². The molecule has 0 bridgehead atoms. The second-order valence-electron chi connectivity index (χ2n) is 4.15. The van der Waals surface area contributed by atoms with Gasteiger partial charge in [-0.25, -0.2) is 4.79 Å². The summed E-state index contributed by atoms with van der Waals surface area (Å²) in [5, 5.41) is 11.5. The van der Waals surface area contributed by atoms with E-state index in [2.05, 4.69) is 0 Å². The third-order valence-corrected chi connectivity index (χ3v) is 2.81. The Hall–Kier alpha value is -2.37. The summed E-state index contributed by atoms with van der Waals surface area (Å²) in [5.74, 6) is 0. The topological polar surface area (TPSA) is 74.4 Å². The normalized spacial score (nSPS) is 10.6. The van der Waals surface area contributed by atoms with E-state index in [1.54, 1.807) is 18.3 Å². The minimum atomic E-state index is -0.510. The number of hydrogen-bond acceptors (Lipinski definition) is 4. The summed E-state index contributed by atoms with van der Waals surface area (Å²) in [5.41, 5.74) is 0.435. The number of carbonyl (C=O) groups is 1. The third kappa shape index (κ3) is 2.73. The van der Waals surface area contributed by atoms with E-state index < -0.39 is 11.0 Å². The van der Waals surface area contributed by atoms with Crippen LogP contribution in [0.25, 0.3) is 10.9 Å². The Balaban J connectivity index is 2.30. The summed E-state index contributed by atoms with van der Waals surface area (Å²) >= 11 is 0. The highest BCUT2D eigenvalue weighted by Crippen LogP contribution is 2.22. The summed E-state index contributed by atoms with van der Waals surface area (Å²) in [4.78, 5) is 22.1. The molecule has 1 aromatic heterocycles. The standard InChI is InChI=1S/C13H14N2O4/c1-2-3-8-19-13(16)14-7-6-10-4-5-11(15(17)18)9-12(10)14/h4-7,9H,2-3,8H2,1H3. The maximum absolute atomic E-state index is 11.8. The first-order valence-electron chi connectivity index (χ1n) is 6.06. The van der Waals surface area contributed by atoms with Crippen molar-refractivity contribution >= 4 is 22.7 Å². The molecule has 0 radical (unpaired) electrons. The van der Waals surface area contributed by atoms with Gasteiger partial charge in [-0.2, -0.15) is 0 Å². The predicted octanol–water partition coefficient (Wildman–Crippen LogP) is 3.33. The molecule has 6 heteroatoms. The molecular weight excluding hydrogens is 248 g/mol. The molecule has 0 spiro atoms. The number of ether oxygens (including phenoxy) is 1. The summed E-state index contributed by atoms with van der Waals surface area (Å²) in [6.45, 7) is 2.35. The van der Waals surface area contributed by atoms with Crippen LogP contribution in [0.2, 0.25) is 0 Å². The zero-order chi connectivity index (χ0) is 13.8. The van der Waals surface area contributed by atoms with Gasteiger partial charge in [0.05, 0.1) is 17.0 Å².